The largest absolute Gasteiger partial charge is 0.409 e. The quantitative estimate of drug-likeness (QED) is 0.559. The summed E-state index contributed by atoms with van der Waals surface area (Å²) in [5.41, 5.74) is 0. The minimum atomic E-state index is -1.76. The van der Waals surface area contributed by atoms with Gasteiger partial charge in [0.25, 0.3) is 0 Å². The molecule has 0 unspecified atom stereocenters. The van der Waals surface area contributed by atoms with Gasteiger partial charge in [-0.15, -0.1) is 12.3 Å². The molecule has 2 saturated heterocycles. The van der Waals surface area contributed by atoms with E-state index in [4.69, 9.17) is 24.7 Å². The number of fused-ring (bicyclic) bond motifs is 1. The third kappa shape index (κ3) is 5.41. The van der Waals surface area contributed by atoms with E-state index in [1.54, 1.807) is 0 Å². The number of hydrogen-bond acceptors (Lipinski definition) is 4. The van der Waals surface area contributed by atoms with E-state index in [0.717, 1.165) is 19.4 Å². The van der Waals surface area contributed by atoms with Gasteiger partial charge in [0.05, 0.1) is 18.3 Å². The first-order chi connectivity index (χ1) is 10.6. The van der Waals surface area contributed by atoms with Crippen LogP contribution in [0.4, 0.5) is 0 Å². The third-order valence-corrected chi connectivity index (χ3v) is 5.93. The second-order valence-corrected chi connectivity index (χ2v) is 17.4. The molecule has 132 valence electrons. The molecule has 0 amide bonds. The molecule has 2 fully saturated rings. The number of hydrogen-bond donors (Lipinski definition) is 0. The van der Waals surface area contributed by atoms with Crippen molar-refractivity contribution in [2.24, 2.45) is 0 Å². The average Bonchev–Trinajstić information content (AvgIpc) is 2.40. The molecule has 0 radical (unpaired) electrons. The van der Waals surface area contributed by atoms with Gasteiger partial charge in [-0.05, 0) is 52.1 Å². The second kappa shape index (κ2) is 7.38. The van der Waals surface area contributed by atoms with Crippen molar-refractivity contribution in [3.8, 4) is 12.3 Å². The van der Waals surface area contributed by atoms with Crippen LogP contribution in [0.1, 0.15) is 19.3 Å². The predicted molar refractivity (Wildman–Crippen MR) is 97.5 cm³/mol. The lowest BCUT2D eigenvalue weighted by Gasteiger charge is -2.50. The summed E-state index contributed by atoms with van der Waals surface area (Å²) in [7, 11) is -3.50. The number of rotatable bonds is 5. The van der Waals surface area contributed by atoms with Crippen molar-refractivity contribution >= 4 is 16.6 Å². The molecule has 0 saturated carbocycles. The Labute approximate surface area is 143 Å². The van der Waals surface area contributed by atoms with Crippen LogP contribution in [0.3, 0.4) is 0 Å². The zero-order valence-corrected chi connectivity index (χ0v) is 17.4. The normalized spacial score (nSPS) is 35.4. The van der Waals surface area contributed by atoms with Crippen molar-refractivity contribution in [2.75, 3.05) is 6.61 Å². The highest BCUT2D eigenvalue weighted by Gasteiger charge is 2.50. The van der Waals surface area contributed by atoms with Gasteiger partial charge in [-0.3, -0.25) is 0 Å². The molecule has 2 rings (SSSR count). The standard InChI is InChI=1S/C17H32O4Si2/c1-8-10-13-16(20-22(2,3)4)17(21-23(5,6)7)15-14(19-13)11-9-12-18-15/h1,13-17H,9-12H2,2-7H3/t13-,14+,15+,16-,17-/m1/s1. The van der Waals surface area contributed by atoms with Crippen LogP contribution in [-0.2, 0) is 18.3 Å². The molecule has 5 atom stereocenters. The Hall–Kier alpha value is -0.166. The van der Waals surface area contributed by atoms with Crippen LogP contribution < -0.4 is 0 Å². The molecule has 0 N–H and O–H groups in total. The molecule has 0 aromatic carbocycles. The van der Waals surface area contributed by atoms with E-state index in [1.807, 2.05) is 0 Å². The minimum Gasteiger partial charge on any atom is -0.409 e. The Morgan fingerprint density at radius 2 is 1.65 bits per heavy atom. The Bertz CT molecular complexity index is 435. The molecule has 0 aliphatic carbocycles. The summed E-state index contributed by atoms with van der Waals surface area (Å²) >= 11 is 0. The van der Waals surface area contributed by atoms with Crippen LogP contribution in [-0.4, -0.2) is 53.8 Å². The zero-order valence-electron chi connectivity index (χ0n) is 15.4. The van der Waals surface area contributed by atoms with E-state index in [0.29, 0.717) is 6.42 Å². The van der Waals surface area contributed by atoms with Crippen molar-refractivity contribution in [2.45, 2.75) is 89.1 Å². The van der Waals surface area contributed by atoms with Crippen molar-refractivity contribution in [3.05, 3.63) is 0 Å². The molecule has 0 aromatic heterocycles. The highest BCUT2D eigenvalue weighted by Crippen LogP contribution is 2.36. The highest BCUT2D eigenvalue weighted by molar-refractivity contribution is 6.70. The van der Waals surface area contributed by atoms with E-state index in [2.05, 4.69) is 45.2 Å². The Morgan fingerprint density at radius 1 is 1.04 bits per heavy atom. The van der Waals surface area contributed by atoms with Gasteiger partial charge in [-0.1, -0.05) is 0 Å². The minimum absolute atomic E-state index is 0.0363. The molecule has 4 nitrogen and oxygen atoms in total. The van der Waals surface area contributed by atoms with Gasteiger partial charge in [-0.2, -0.15) is 0 Å². The van der Waals surface area contributed by atoms with E-state index in [9.17, 15) is 0 Å². The molecule has 2 heterocycles. The van der Waals surface area contributed by atoms with Gasteiger partial charge >= 0.3 is 0 Å². The van der Waals surface area contributed by atoms with Gasteiger partial charge in [-0.25, -0.2) is 0 Å². The van der Waals surface area contributed by atoms with Crippen molar-refractivity contribution in [1.29, 1.82) is 0 Å². The van der Waals surface area contributed by atoms with Gasteiger partial charge < -0.3 is 18.3 Å². The summed E-state index contributed by atoms with van der Waals surface area (Å²) in [6.45, 7) is 14.0. The fourth-order valence-corrected chi connectivity index (χ4v) is 5.49. The molecule has 6 heteroatoms. The molecular weight excluding hydrogens is 324 g/mol. The molecule has 2 aliphatic heterocycles. The number of ether oxygens (including phenoxy) is 2. The SMILES string of the molecule is C#CC[C@H]1O[C@H]2CCCO[C@@H]2[C@@H](O[Si](C)(C)C)[C@@H]1O[Si](C)(C)C. The van der Waals surface area contributed by atoms with E-state index in [-0.39, 0.29) is 30.5 Å². The van der Waals surface area contributed by atoms with Crippen LogP contribution in [0.5, 0.6) is 0 Å². The summed E-state index contributed by atoms with van der Waals surface area (Å²) in [5.74, 6) is 2.76. The lowest BCUT2D eigenvalue weighted by molar-refractivity contribution is -0.239. The van der Waals surface area contributed by atoms with E-state index in [1.165, 1.54) is 0 Å². The third-order valence-electron chi connectivity index (χ3n) is 3.97. The molecule has 23 heavy (non-hydrogen) atoms. The molecule has 0 spiro atoms. The van der Waals surface area contributed by atoms with Crippen LogP contribution in [0, 0.1) is 12.3 Å². The molecule has 0 aromatic rings. The maximum atomic E-state index is 6.55. The van der Waals surface area contributed by atoms with Crippen molar-refractivity contribution in [1.82, 2.24) is 0 Å². The Kier molecular flexibility index (Phi) is 6.15. The lowest BCUT2D eigenvalue weighted by atomic mass is 9.90. The Balaban J connectivity index is 2.30. The van der Waals surface area contributed by atoms with Crippen LogP contribution in [0.2, 0.25) is 39.3 Å². The van der Waals surface area contributed by atoms with Crippen molar-refractivity contribution in [3.63, 3.8) is 0 Å². The summed E-state index contributed by atoms with van der Waals surface area (Å²) in [6, 6.07) is 0. The number of terminal acetylenes is 1. The smallest absolute Gasteiger partial charge is 0.184 e. The maximum Gasteiger partial charge on any atom is 0.184 e. The van der Waals surface area contributed by atoms with Crippen LogP contribution >= 0.6 is 0 Å². The van der Waals surface area contributed by atoms with Gasteiger partial charge in [0, 0.05) is 13.0 Å². The van der Waals surface area contributed by atoms with E-state index < -0.39 is 16.6 Å². The molecular formula is C17H32O4Si2. The highest BCUT2D eigenvalue weighted by atomic mass is 28.4. The summed E-state index contributed by atoms with van der Waals surface area (Å²) in [6.07, 6.45) is 7.91. The lowest BCUT2D eigenvalue weighted by Crippen LogP contribution is -2.64. The monoisotopic (exact) mass is 356 g/mol. The van der Waals surface area contributed by atoms with Crippen LogP contribution in [0.25, 0.3) is 0 Å². The predicted octanol–water partition coefficient (Wildman–Crippen LogP) is 3.40. The van der Waals surface area contributed by atoms with Gasteiger partial charge in [0.15, 0.2) is 16.6 Å². The first-order valence-electron chi connectivity index (χ1n) is 8.67. The first kappa shape index (κ1) is 19.2. The zero-order chi connectivity index (χ0) is 17.3. The first-order valence-corrected chi connectivity index (χ1v) is 15.5. The van der Waals surface area contributed by atoms with E-state index >= 15 is 0 Å². The van der Waals surface area contributed by atoms with Gasteiger partial charge in [0.2, 0.25) is 0 Å². The fourth-order valence-electron chi connectivity index (χ4n) is 3.30. The maximum absolute atomic E-state index is 6.55. The summed E-state index contributed by atoms with van der Waals surface area (Å²) in [5, 5.41) is 0. The molecule has 0 bridgehead atoms. The molecule has 2 aliphatic rings. The van der Waals surface area contributed by atoms with Crippen LogP contribution in [0.15, 0.2) is 0 Å². The Morgan fingerprint density at radius 3 is 2.22 bits per heavy atom. The van der Waals surface area contributed by atoms with Gasteiger partial charge in [0.1, 0.15) is 12.2 Å². The second-order valence-electron chi connectivity index (χ2n) is 8.49. The fraction of sp³-hybridized carbons (Fsp3) is 0.882. The topological polar surface area (TPSA) is 36.9 Å². The van der Waals surface area contributed by atoms with Crippen molar-refractivity contribution < 1.29 is 18.3 Å². The summed E-state index contributed by atoms with van der Waals surface area (Å²) in [4.78, 5) is 0. The average molecular weight is 357 g/mol. The summed E-state index contributed by atoms with van der Waals surface area (Å²) < 4.78 is 25.4.